The molecule has 1 heterocycles. The predicted octanol–water partition coefficient (Wildman–Crippen LogP) is 3.96. The molecule has 5 nitrogen and oxygen atoms in total. The lowest BCUT2D eigenvalue weighted by molar-refractivity contribution is 0.346. The normalized spacial score (nSPS) is 13.8. The third kappa shape index (κ3) is 4.98. The molecule has 2 rings (SSSR count). The van der Waals surface area contributed by atoms with E-state index in [4.69, 9.17) is 0 Å². The first kappa shape index (κ1) is 18.3. The largest absolute Gasteiger partial charge is 0.344 e. The van der Waals surface area contributed by atoms with Crippen molar-refractivity contribution in [3.05, 3.63) is 56.9 Å². The van der Waals surface area contributed by atoms with Crippen LogP contribution in [0.3, 0.4) is 0 Å². The Balaban J connectivity index is 2.09. The van der Waals surface area contributed by atoms with Gasteiger partial charge in [-0.2, -0.15) is 0 Å². The molecule has 0 radical (unpaired) electrons. The van der Waals surface area contributed by atoms with E-state index in [-0.39, 0.29) is 17.6 Å². The second-order valence-electron chi connectivity index (χ2n) is 6.56. The van der Waals surface area contributed by atoms with Crippen LogP contribution in [0.4, 0.5) is 0 Å². The Bertz CT molecular complexity index is 699. The van der Waals surface area contributed by atoms with Gasteiger partial charge in [0.1, 0.15) is 0 Å². The molecule has 0 aliphatic rings. The molecule has 2 unspecified atom stereocenters. The summed E-state index contributed by atoms with van der Waals surface area (Å²) in [5, 5.41) is 2.65. The highest BCUT2D eigenvalue weighted by atomic mass is 16.2. The lowest BCUT2D eigenvalue weighted by Crippen LogP contribution is -2.27. The molecule has 0 fully saturated rings. The van der Waals surface area contributed by atoms with Gasteiger partial charge in [0.15, 0.2) is 0 Å². The molecule has 0 amide bonds. The van der Waals surface area contributed by atoms with E-state index in [2.05, 4.69) is 36.1 Å². The minimum atomic E-state index is -0.437. The van der Waals surface area contributed by atoms with Crippen LogP contribution in [0, 0.1) is 0 Å². The van der Waals surface area contributed by atoms with Gasteiger partial charge in [0.25, 0.3) is 0 Å². The fraction of sp³-hybridized carbons (Fsp3) is 0.579. The molecule has 0 spiro atoms. The number of nitrogens with one attached hydrogen (secondary N) is 2. The van der Waals surface area contributed by atoms with Crippen molar-refractivity contribution in [1.29, 1.82) is 0 Å². The zero-order valence-corrected chi connectivity index (χ0v) is 14.8. The van der Waals surface area contributed by atoms with Crippen molar-refractivity contribution < 1.29 is 0 Å². The van der Waals surface area contributed by atoms with Gasteiger partial charge < -0.3 is 0 Å². The van der Waals surface area contributed by atoms with Crippen molar-refractivity contribution in [2.24, 2.45) is 0 Å². The Morgan fingerprint density at radius 1 is 1.00 bits per heavy atom. The maximum absolute atomic E-state index is 12.1. The second kappa shape index (κ2) is 9.30. The molecule has 0 aliphatic carbocycles. The molecule has 1 aromatic heterocycles. The molecule has 2 aromatic rings. The lowest BCUT2D eigenvalue weighted by atomic mass is 9.90. The maximum atomic E-state index is 12.1. The third-order valence-electron chi connectivity index (χ3n) is 4.75. The highest BCUT2D eigenvalue weighted by molar-refractivity contribution is 5.20. The van der Waals surface area contributed by atoms with Gasteiger partial charge in [-0.15, -0.1) is 0 Å². The van der Waals surface area contributed by atoms with Crippen LogP contribution in [-0.4, -0.2) is 14.8 Å². The Kier molecular flexibility index (Phi) is 7.09. The fourth-order valence-electron chi connectivity index (χ4n) is 3.29. The molecule has 0 aliphatic heterocycles. The number of aromatic nitrogens is 3. The van der Waals surface area contributed by atoms with Crippen molar-refractivity contribution in [2.75, 3.05) is 0 Å². The van der Waals surface area contributed by atoms with Gasteiger partial charge in [0.2, 0.25) is 0 Å². The quantitative estimate of drug-likeness (QED) is 0.647. The number of hydrogen-bond acceptors (Lipinski definition) is 2. The average molecular weight is 331 g/mol. The van der Waals surface area contributed by atoms with E-state index >= 15 is 0 Å². The first-order valence-electron chi connectivity index (χ1n) is 9.09. The second-order valence-corrected chi connectivity index (χ2v) is 6.56. The standard InChI is InChI=1S/C19H29N3O2/c1-3-4-5-6-7-11-14-17(22-19(24)20-18(23)21-22)15(2)16-12-9-8-10-13-16/h8-10,12-13,15,17H,3-7,11,14H2,1-2H3,(H2,20,21,23,24). The number of unbranched alkanes of at least 4 members (excludes halogenated alkanes) is 5. The van der Waals surface area contributed by atoms with Gasteiger partial charge in [-0.25, -0.2) is 19.4 Å². The van der Waals surface area contributed by atoms with Crippen LogP contribution in [0.25, 0.3) is 0 Å². The van der Waals surface area contributed by atoms with E-state index in [0.29, 0.717) is 0 Å². The summed E-state index contributed by atoms with van der Waals surface area (Å²) in [7, 11) is 0. The van der Waals surface area contributed by atoms with Crippen molar-refractivity contribution in [3.8, 4) is 0 Å². The van der Waals surface area contributed by atoms with Crippen molar-refractivity contribution >= 4 is 0 Å². The van der Waals surface area contributed by atoms with Gasteiger partial charge in [-0.05, 0) is 12.0 Å². The van der Waals surface area contributed by atoms with Crippen molar-refractivity contribution in [3.63, 3.8) is 0 Å². The lowest BCUT2D eigenvalue weighted by Gasteiger charge is -2.24. The van der Waals surface area contributed by atoms with Crippen LogP contribution in [0.2, 0.25) is 0 Å². The maximum Gasteiger partial charge on any atom is 0.344 e. The minimum absolute atomic E-state index is 0.0370. The summed E-state index contributed by atoms with van der Waals surface area (Å²) in [5.41, 5.74) is 0.398. The average Bonchev–Trinajstić information content (AvgIpc) is 2.92. The van der Waals surface area contributed by atoms with Gasteiger partial charge in [0, 0.05) is 5.92 Å². The monoisotopic (exact) mass is 331 g/mol. The van der Waals surface area contributed by atoms with Crippen LogP contribution >= 0.6 is 0 Å². The van der Waals surface area contributed by atoms with E-state index < -0.39 is 5.69 Å². The number of H-pyrrole nitrogens is 2. The van der Waals surface area contributed by atoms with E-state index in [1.807, 2.05) is 18.2 Å². The highest BCUT2D eigenvalue weighted by Crippen LogP contribution is 2.31. The summed E-state index contributed by atoms with van der Waals surface area (Å²) in [4.78, 5) is 25.9. The molecule has 1 aromatic carbocycles. The molecular formula is C19H29N3O2. The molecule has 0 saturated heterocycles. The fourth-order valence-corrected chi connectivity index (χ4v) is 3.29. The minimum Gasteiger partial charge on any atom is -0.257 e. The molecule has 5 heteroatoms. The Morgan fingerprint density at radius 2 is 1.67 bits per heavy atom. The van der Waals surface area contributed by atoms with Gasteiger partial charge in [-0.3, -0.25) is 4.98 Å². The molecule has 0 saturated carbocycles. The zero-order chi connectivity index (χ0) is 17.4. The Morgan fingerprint density at radius 3 is 2.29 bits per heavy atom. The summed E-state index contributed by atoms with van der Waals surface area (Å²) in [6.45, 7) is 4.33. The highest BCUT2D eigenvalue weighted by Gasteiger charge is 2.22. The first-order valence-corrected chi connectivity index (χ1v) is 9.09. The van der Waals surface area contributed by atoms with Gasteiger partial charge in [0.05, 0.1) is 6.04 Å². The summed E-state index contributed by atoms with van der Waals surface area (Å²) in [6, 6.07) is 10.1. The molecular weight excluding hydrogens is 302 g/mol. The van der Waals surface area contributed by atoms with Crippen LogP contribution in [0.1, 0.15) is 76.3 Å². The number of benzene rings is 1. The SMILES string of the molecule is CCCCCCCCC(C(C)c1ccccc1)n1[nH]c(=O)[nH]c1=O. The van der Waals surface area contributed by atoms with Crippen molar-refractivity contribution in [1.82, 2.24) is 14.8 Å². The first-order chi connectivity index (χ1) is 11.6. The number of rotatable bonds is 10. The predicted molar refractivity (Wildman–Crippen MR) is 97.6 cm³/mol. The summed E-state index contributed by atoms with van der Waals surface area (Å²) >= 11 is 0. The summed E-state index contributed by atoms with van der Waals surface area (Å²) in [5.74, 6) is 0.158. The smallest absolute Gasteiger partial charge is 0.257 e. The topological polar surface area (TPSA) is 70.7 Å². The Labute approximate surface area is 143 Å². The number of hydrogen-bond donors (Lipinski definition) is 2. The van der Waals surface area contributed by atoms with Crippen LogP contribution in [0.5, 0.6) is 0 Å². The number of aromatic amines is 2. The van der Waals surface area contributed by atoms with Crippen molar-refractivity contribution in [2.45, 2.75) is 70.8 Å². The number of nitrogens with zero attached hydrogens (tertiary/aromatic N) is 1. The van der Waals surface area contributed by atoms with E-state index in [0.717, 1.165) is 12.8 Å². The van der Waals surface area contributed by atoms with Gasteiger partial charge in [-0.1, -0.05) is 82.7 Å². The molecule has 0 bridgehead atoms. The molecule has 2 atom stereocenters. The molecule has 2 N–H and O–H groups in total. The van der Waals surface area contributed by atoms with Gasteiger partial charge >= 0.3 is 11.4 Å². The van der Waals surface area contributed by atoms with Crippen LogP contribution in [0.15, 0.2) is 39.9 Å². The van der Waals surface area contributed by atoms with Crippen LogP contribution in [-0.2, 0) is 0 Å². The van der Waals surface area contributed by atoms with E-state index in [9.17, 15) is 9.59 Å². The molecule has 132 valence electrons. The van der Waals surface area contributed by atoms with E-state index in [1.54, 1.807) is 0 Å². The van der Waals surface area contributed by atoms with Crippen LogP contribution < -0.4 is 11.4 Å². The summed E-state index contributed by atoms with van der Waals surface area (Å²) in [6.07, 6.45) is 8.15. The summed E-state index contributed by atoms with van der Waals surface area (Å²) < 4.78 is 1.48. The van der Waals surface area contributed by atoms with E-state index in [1.165, 1.54) is 42.3 Å². The third-order valence-corrected chi connectivity index (χ3v) is 4.75. The molecule has 24 heavy (non-hydrogen) atoms. The Hall–Kier alpha value is -2.04. The zero-order valence-electron chi connectivity index (χ0n) is 14.8.